The van der Waals surface area contributed by atoms with Crippen molar-refractivity contribution in [2.45, 2.75) is 46.7 Å². The average Bonchev–Trinajstić information content (AvgIpc) is 3.15. The van der Waals surface area contributed by atoms with Crippen LogP contribution >= 0.6 is 0 Å². The molecule has 1 atom stereocenters. The van der Waals surface area contributed by atoms with Gasteiger partial charge in [0.15, 0.2) is 5.78 Å². The standard InChI is InChI=1S/C18H24N2O4/c1-5-14(10-21)20(9-15-7-6-8-24-15)18(23)16-11(2)17(13(4)22)19-12(16)3/h6-8,14,19,21H,5,9-10H2,1-4H3/t14-/m0/s1. The van der Waals surface area contributed by atoms with Gasteiger partial charge in [0.05, 0.1) is 36.7 Å². The smallest absolute Gasteiger partial charge is 0.256 e. The first kappa shape index (κ1) is 18.0. The van der Waals surface area contributed by atoms with Crippen LogP contribution in [0.5, 0.6) is 0 Å². The maximum atomic E-state index is 13.1. The summed E-state index contributed by atoms with van der Waals surface area (Å²) in [7, 11) is 0. The van der Waals surface area contributed by atoms with Gasteiger partial charge in [-0.25, -0.2) is 0 Å². The van der Waals surface area contributed by atoms with Crippen LogP contribution in [-0.2, 0) is 6.54 Å². The van der Waals surface area contributed by atoms with E-state index in [9.17, 15) is 14.7 Å². The third-order valence-electron chi connectivity index (χ3n) is 4.29. The fourth-order valence-corrected chi connectivity index (χ4v) is 2.95. The molecule has 24 heavy (non-hydrogen) atoms. The highest BCUT2D eigenvalue weighted by Gasteiger charge is 2.29. The number of carbonyl (C=O) groups excluding carboxylic acids is 2. The number of furan rings is 1. The van der Waals surface area contributed by atoms with Crippen molar-refractivity contribution in [3.05, 3.63) is 46.7 Å². The van der Waals surface area contributed by atoms with E-state index < -0.39 is 0 Å². The Morgan fingerprint density at radius 2 is 2.08 bits per heavy atom. The van der Waals surface area contributed by atoms with Crippen LogP contribution in [0.1, 0.15) is 58.1 Å². The summed E-state index contributed by atoms with van der Waals surface area (Å²) >= 11 is 0. The first-order chi connectivity index (χ1) is 11.4. The Kier molecular flexibility index (Phi) is 5.62. The number of aromatic amines is 1. The number of aromatic nitrogens is 1. The van der Waals surface area contributed by atoms with Gasteiger partial charge in [0, 0.05) is 12.6 Å². The monoisotopic (exact) mass is 332 g/mol. The molecule has 0 fully saturated rings. The van der Waals surface area contributed by atoms with E-state index in [1.807, 2.05) is 6.92 Å². The van der Waals surface area contributed by atoms with E-state index in [4.69, 9.17) is 4.42 Å². The molecule has 0 aliphatic carbocycles. The Morgan fingerprint density at radius 1 is 1.38 bits per heavy atom. The molecular weight excluding hydrogens is 308 g/mol. The number of carbonyl (C=O) groups is 2. The highest BCUT2D eigenvalue weighted by atomic mass is 16.3. The summed E-state index contributed by atoms with van der Waals surface area (Å²) in [5.74, 6) is 0.320. The zero-order valence-corrected chi connectivity index (χ0v) is 14.5. The van der Waals surface area contributed by atoms with E-state index in [0.717, 1.165) is 0 Å². The lowest BCUT2D eigenvalue weighted by atomic mass is 10.1. The number of aryl methyl sites for hydroxylation is 1. The van der Waals surface area contributed by atoms with E-state index in [1.165, 1.54) is 6.92 Å². The summed E-state index contributed by atoms with van der Waals surface area (Å²) in [5, 5.41) is 9.67. The Morgan fingerprint density at radius 3 is 2.54 bits per heavy atom. The van der Waals surface area contributed by atoms with Crippen molar-refractivity contribution in [3.63, 3.8) is 0 Å². The van der Waals surface area contributed by atoms with Gasteiger partial charge in [0.1, 0.15) is 5.76 Å². The molecule has 0 unspecified atom stereocenters. The molecule has 6 nitrogen and oxygen atoms in total. The summed E-state index contributed by atoms with van der Waals surface area (Å²) in [6.07, 6.45) is 2.17. The molecule has 0 aliphatic heterocycles. The van der Waals surface area contributed by atoms with Crippen LogP contribution in [0.4, 0.5) is 0 Å². The summed E-state index contributed by atoms with van der Waals surface area (Å²) < 4.78 is 5.36. The van der Waals surface area contributed by atoms with Gasteiger partial charge in [-0.05, 0) is 38.0 Å². The zero-order chi connectivity index (χ0) is 17.9. The number of rotatable bonds is 7. The van der Waals surface area contributed by atoms with Crippen molar-refractivity contribution in [2.24, 2.45) is 0 Å². The van der Waals surface area contributed by atoms with Gasteiger partial charge in [-0.15, -0.1) is 0 Å². The number of amides is 1. The van der Waals surface area contributed by atoms with E-state index in [-0.39, 0.29) is 30.9 Å². The lowest BCUT2D eigenvalue weighted by Gasteiger charge is -2.29. The second-order valence-corrected chi connectivity index (χ2v) is 5.94. The van der Waals surface area contributed by atoms with Crippen LogP contribution in [0.2, 0.25) is 0 Å². The van der Waals surface area contributed by atoms with Gasteiger partial charge in [0.2, 0.25) is 0 Å². The van der Waals surface area contributed by atoms with Crippen molar-refractivity contribution in [1.82, 2.24) is 9.88 Å². The molecule has 2 aromatic rings. The molecule has 0 spiro atoms. The number of aliphatic hydroxyl groups is 1. The molecule has 0 radical (unpaired) electrons. The fraction of sp³-hybridized carbons (Fsp3) is 0.444. The first-order valence-electron chi connectivity index (χ1n) is 8.04. The molecule has 1 amide bonds. The largest absolute Gasteiger partial charge is 0.467 e. The van der Waals surface area contributed by atoms with Gasteiger partial charge in [-0.3, -0.25) is 9.59 Å². The maximum absolute atomic E-state index is 13.1. The Bertz CT molecular complexity index is 712. The lowest BCUT2D eigenvalue weighted by Crippen LogP contribution is -2.42. The highest BCUT2D eigenvalue weighted by Crippen LogP contribution is 2.23. The van der Waals surface area contributed by atoms with Crippen LogP contribution in [0.15, 0.2) is 22.8 Å². The third kappa shape index (κ3) is 3.43. The summed E-state index contributed by atoms with van der Waals surface area (Å²) in [6.45, 7) is 7.06. The molecule has 2 heterocycles. The number of nitrogens with zero attached hydrogens (tertiary/aromatic N) is 1. The van der Waals surface area contributed by atoms with Crippen LogP contribution in [0.25, 0.3) is 0 Å². The van der Waals surface area contributed by atoms with Crippen molar-refractivity contribution in [3.8, 4) is 0 Å². The second kappa shape index (κ2) is 7.49. The summed E-state index contributed by atoms with van der Waals surface area (Å²) in [4.78, 5) is 29.5. The van der Waals surface area contributed by atoms with E-state index in [2.05, 4.69) is 4.98 Å². The molecule has 0 bridgehead atoms. The maximum Gasteiger partial charge on any atom is 0.256 e. The minimum absolute atomic E-state index is 0.110. The number of H-pyrrole nitrogens is 1. The molecule has 6 heteroatoms. The normalized spacial score (nSPS) is 12.2. The second-order valence-electron chi connectivity index (χ2n) is 5.94. The Hall–Kier alpha value is -2.34. The van der Waals surface area contributed by atoms with Gasteiger partial charge >= 0.3 is 0 Å². The lowest BCUT2D eigenvalue weighted by molar-refractivity contribution is 0.0543. The molecule has 130 valence electrons. The van der Waals surface area contributed by atoms with E-state index >= 15 is 0 Å². The van der Waals surface area contributed by atoms with Gasteiger partial charge in [-0.2, -0.15) is 0 Å². The summed E-state index contributed by atoms with van der Waals surface area (Å²) in [6, 6.07) is 3.23. The minimum Gasteiger partial charge on any atom is -0.467 e. The first-order valence-corrected chi connectivity index (χ1v) is 8.04. The molecule has 0 aromatic carbocycles. The Balaban J connectivity index is 2.42. The van der Waals surface area contributed by atoms with Gasteiger partial charge < -0.3 is 19.4 Å². The van der Waals surface area contributed by atoms with Crippen molar-refractivity contribution < 1.29 is 19.1 Å². The molecule has 0 aliphatic rings. The van der Waals surface area contributed by atoms with Gasteiger partial charge in [0.25, 0.3) is 5.91 Å². The van der Waals surface area contributed by atoms with Crippen LogP contribution in [0.3, 0.4) is 0 Å². The van der Waals surface area contributed by atoms with Crippen LogP contribution < -0.4 is 0 Å². The molecule has 2 rings (SSSR count). The molecule has 0 saturated heterocycles. The number of hydrogen-bond acceptors (Lipinski definition) is 4. The van der Waals surface area contributed by atoms with Crippen molar-refractivity contribution in [2.75, 3.05) is 6.61 Å². The van der Waals surface area contributed by atoms with Gasteiger partial charge in [-0.1, -0.05) is 6.92 Å². The zero-order valence-electron chi connectivity index (χ0n) is 14.5. The topological polar surface area (TPSA) is 86.5 Å². The summed E-state index contributed by atoms with van der Waals surface area (Å²) in [5.41, 5.74) is 2.23. The Labute approximate surface area is 141 Å². The van der Waals surface area contributed by atoms with Crippen molar-refractivity contribution >= 4 is 11.7 Å². The predicted molar refractivity (Wildman–Crippen MR) is 90.0 cm³/mol. The number of hydrogen-bond donors (Lipinski definition) is 2. The fourth-order valence-electron chi connectivity index (χ4n) is 2.95. The molecule has 0 saturated carbocycles. The van der Waals surface area contributed by atoms with E-state index in [0.29, 0.717) is 34.7 Å². The van der Waals surface area contributed by atoms with Crippen molar-refractivity contribution in [1.29, 1.82) is 0 Å². The minimum atomic E-state index is -0.322. The SMILES string of the molecule is CC[C@@H](CO)N(Cc1ccco1)C(=O)c1c(C)[nH]c(C(C)=O)c1C. The number of nitrogens with one attached hydrogen (secondary N) is 1. The van der Waals surface area contributed by atoms with E-state index in [1.54, 1.807) is 37.1 Å². The molecular formula is C18H24N2O4. The quantitative estimate of drug-likeness (QED) is 0.763. The number of aliphatic hydroxyl groups excluding tert-OH is 1. The average molecular weight is 332 g/mol. The molecule has 2 N–H and O–H groups in total. The third-order valence-corrected chi connectivity index (χ3v) is 4.29. The predicted octanol–water partition coefficient (Wildman–Crippen LogP) is 2.84. The molecule has 2 aromatic heterocycles. The number of Topliss-reactive ketones (excluding diaryl/α,β-unsaturated/α-hetero) is 1. The van der Waals surface area contributed by atoms with Crippen LogP contribution in [0, 0.1) is 13.8 Å². The highest BCUT2D eigenvalue weighted by molar-refractivity contribution is 6.02. The number of ketones is 1. The van der Waals surface area contributed by atoms with Crippen LogP contribution in [-0.4, -0.2) is 39.3 Å².